The Kier molecular flexibility index (Phi) is 3.92. The summed E-state index contributed by atoms with van der Waals surface area (Å²) in [5.41, 5.74) is 8.19. The predicted octanol–water partition coefficient (Wildman–Crippen LogP) is 2.31. The summed E-state index contributed by atoms with van der Waals surface area (Å²) in [6.07, 6.45) is 1.26. The summed E-state index contributed by atoms with van der Waals surface area (Å²) < 4.78 is 51.6. The van der Waals surface area contributed by atoms with Crippen molar-refractivity contribution in [2.45, 2.75) is 18.9 Å². The van der Waals surface area contributed by atoms with Crippen molar-refractivity contribution in [2.24, 2.45) is 5.11 Å². The number of nitrogens with zero attached hydrogens (tertiary/aromatic N) is 4. The second-order valence-electron chi connectivity index (χ2n) is 5.23. The minimum Gasteiger partial charge on any atom is -0.213 e. The average molecular weight is 316 g/mol. The third-order valence-electron chi connectivity index (χ3n) is 3.58. The zero-order valence-electron chi connectivity index (χ0n) is 11.5. The molecule has 1 aliphatic heterocycles. The van der Waals surface area contributed by atoms with Crippen LogP contribution in [0.3, 0.4) is 0 Å². The lowest BCUT2D eigenvalue weighted by Crippen LogP contribution is -2.39. The molecule has 0 aromatic heterocycles. The van der Waals surface area contributed by atoms with Crippen LogP contribution >= 0.6 is 0 Å². The molecule has 1 aromatic rings. The first-order chi connectivity index (χ1) is 9.67. The van der Waals surface area contributed by atoms with Crippen molar-refractivity contribution in [1.82, 2.24) is 4.31 Å². The van der Waals surface area contributed by atoms with E-state index in [-0.39, 0.29) is 19.5 Å². The predicted molar refractivity (Wildman–Crippen MR) is 73.0 cm³/mol. The lowest BCUT2D eigenvalue weighted by atomic mass is 9.89. The van der Waals surface area contributed by atoms with Crippen LogP contribution in [0.25, 0.3) is 10.4 Å². The molecule has 21 heavy (non-hydrogen) atoms. The van der Waals surface area contributed by atoms with Crippen molar-refractivity contribution >= 4 is 10.0 Å². The second kappa shape index (κ2) is 5.25. The third kappa shape index (κ3) is 2.99. The molecule has 9 heteroatoms. The summed E-state index contributed by atoms with van der Waals surface area (Å²) in [6, 6.07) is 2.01. The normalized spacial score (nSPS) is 23.0. The Morgan fingerprint density at radius 3 is 2.57 bits per heavy atom. The summed E-state index contributed by atoms with van der Waals surface area (Å²) in [6.45, 7) is 1.51. The largest absolute Gasteiger partial charge is 0.213 e. The lowest BCUT2D eigenvalue weighted by Gasteiger charge is -2.28. The zero-order chi connectivity index (χ0) is 15.8. The number of hydrogen-bond donors (Lipinski definition) is 0. The fourth-order valence-corrected chi connectivity index (χ4v) is 3.43. The number of halogens is 2. The Labute approximate surface area is 121 Å². The van der Waals surface area contributed by atoms with Crippen LogP contribution in [0.2, 0.25) is 0 Å². The molecule has 114 valence electrons. The van der Waals surface area contributed by atoms with E-state index in [1.807, 2.05) is 0 Å². The summed E-state index contributed by atoms with van der Waals surface area (Å²) in [4.78, 5) is 2.73. The van der Waals surface area contributed by atoms with E-state index in [1.54, 1.807) is 0 Å². The first kappa shape index (κ1) is 15.7. The van der Waals surface area contributed by atoms with E-state index in [2.05, 4.69) is 10.0 Å². The Bertz CT molecular complexity index is 731. The van der Waals surface area contributed by atoms with Gasteiger partial charge in [-0.1, -0.05) is 5.11 Å². The monoisotopic (exact) mass is 316 g/mol. The SMILES string of the molecule is CC1(N=[N+]=[N-])CN(S(C)(=O)=O)CCc2cc(F)c(F)cc21. The van der Waals surface area contributed by atoms with E-state index in [1.165, 1.54) is 6.92 Å². The van der Waals surface area contributed by atoms with Crippen LogP contribution < -0.4 is 0 Å². The fourth-order valence-electron chi connectivity index (χ4n) is 2.52. The molecule has 0 saturated heterocycles. The van der Waals surface area contributed by atoms with Gasteiger partial charge in [-0.3, -0.25) is 0 Å². The molecular formula is C12H14F2N4O2S. The van der Waals surface area contributed by atoms with Crippen molar-refractivity contribution in [3.05, 3.63) is 45.3 Å². The minimum atomic E-state index is -3.51. The first-order valence-electron chi connectivity index (χ1n) is 6.17. The van der Waals surface area contributed by atoms with Gasteiger partial charge in [-0.15, -0.1) is 0 Å². The van der Waals surface area contributed by atoms with Crippen molar-refractivity contribution < 1.29 is 17.2 Å². The molecule has 0 saturated carbocycles. The van der Waals surface area contributed by atoms with Crippen LogP contribution in [0.15, 0.2) is 17.2 Å². The number of azide groups is 1. The van der Waals surface area contributed by atoms with Gasteiger partial charge in [-0.25, -0.2) is 21.5 Å². The van der Waals surface area contributed by atoms with Gasteiger partial charge in [0.1, 0.15) is 0 Å². The molecule has 0 bridgehead atoms. The van der Waals surface area contributed by atoms with E-state index in [0.717, 1.165) is 22.7 Å². The van der Waals surface area contributed by atoms with Gasteiger partial charge in [0.05, 0.1) is 11.8 Å². The Morgan fingerprint density at radius 2 is 2.00 bits per heavy atom. The maximum atomic E-state index is 13.5. The number of rotatable bonds is 2. The molecular weight excluding hydrogens is 302 g/mol. The van der Waals surface area contributed by atoms with Crippen molar-refractivity contribution in [3.63, 3.8) is 0 Å². The highest BCUT2D eigenvalue weighted by atomic mass is 32.2. The van der Waals surface area contributed by atoms with Gasteiger partial charge < -0.3 is 0 Å². The van der Waals surface area contributed by atoms with Gasteiger partial charge in [-0.05, 0) is 42.1 Å². The van der Waals surface area contributed by atoms with Crippen LogP contribution in [-0.2, 0) is 22.0 Å². The molecule has 0 aliphatic carbocycles. The molecule has 1 unspecified atom stereocenters. The Morgan fingerprint density at radius 1 is 1.38 bits per heavy atom. The van der Waals surface area contributed by atoms with Crippen molar-refractivity contribution in [1.29, 1.82) is 0 Å². The van der Waals surface area contributed by atoms with Crippen LogP contribution in [-0.4, -0.2) is 32.1 Å². The number of hydrogen-bond acceptors (Lipinski definition) is 3. The molecule has 6 nitrogen and oxygen atoms in total. The molecule has 1 aromatic carbocycles. The average Bonchev–Trinajstić information content (AvgIpc) is 2.49. The standard InChI is InChI=1S/C12H14F2N4O2S/c1-12(16-17-15)7-18(21(2,19)20)4-3-8-5-10(13)11(14)6-9(8)12/h5-6H,3-4,7H2,1-2H3. The minimum absolute atomic E-state index is 0.117. The van der Waals surface area contributed by atoms with E-state index in [0.29, 0.717) is 11.1 Å². The second-order valence-corrected chi connectivity index (χ2v) is 7.22. The summed E-state index contributed by atoms with van der Waals surface area (Å²) in [5.74, 6) is -2.06. The summed E-state index contributed by atoms with van der Waals surface area (Å²) >= 11 is 0. The summed E-state index contributed by atoms with van der Waals surface area (Å²) in [5, 5.41) is 3.64. The fraction of sp³-hybridized carbons (Fsp3) is 0.500. The first-order valence-corrected chi connectivity index (χ1v) is 8.02. The number of benzene rings is 1. The van der Waals surface area contributed by atoms with E-state index < -0.39 is 27.2 Å². The number of sulfonamides is 1. The van der Waals surface area contributed by atoms with Crippen LogP contribution in [0.5, 0.6) is 0 Å². The van der Waals surface area contributed by atoms with Crippen LogP contribution in [0, 0.1) is 11.6 Å². The molecule has 1 aliphatic rings. The van der Waals surface area contributed by atoms with Crippen molar-refractivity contribution in [3.8, 4) is 0 Å². The maximum Gasteiger partial charge on any atom is 0.211 e. The Hall–Kier alpha value is -1.70. The molecule has 1 atom stereocenters. The summed E-state index contributed by atoms with van der Waals surface area (Å²) in [7, 11) is -3.51. The molecule has 1 heterocycles. The smallest absolute Gasteiger partial charge is 0.211 e. The highest BCUT2D eigenvalue weighted by molar-refractivity contribution is 7.88. The quantitative estimate of drug-likeness (QED) is 0.476. The van der Waals surface area contributed by atoms with Gasteiger partial charge >= 0.3 is 0 Å². The topological polar surface area (TPSA) is 86.1 Å². The van der Waals surface area contributed by atoms with Gasteiger partial charge in [-0.2, -0.15) is 0 Å². The van der Waals surface area contributed by atoms with Gasteiger partial charge in [0, 0.05) is 18.0 Å². The Balaban J connectivity index is 2.64. The molecule has 0 amide bonds. The zero-order valence-corrected chi connectivity index (χ0v) is 12.4. The van der Waals surface area contributed by atoms with Gasteiger partial charge in [0.25, 0.3) is 0 Å². The van der Waals surface area contributed by atoms with Gasteiger partial charge in [0.15, 0.2) is 11.6 Å². The lowest BCUT2D eigenvalue weighted by molar-refractivity contribution is 0.338. The molecule has 0 spiro atoms. The maximum absolute atomic E-state index is 13.5. The highest BCUT2D eigenvalue weighted by Gasteiger charge is 2.37. The third-order valence-corrected chi connectivity index (χ3v) is 4.83. The van der Waals surface area contributed by atoms with Crippen molar-refractivity contribution in [2.75, 3.05) is 19.3 Å². The molecule has 2 rings (SSSR count). The van der Waals surface area contributed by atoms with E-state index in [4.69, 9.17) is 5.53 Å². The molecule has 0 fully saturated rings. The molecule has 0 N–H and O–H groups in total. The van der Waals surface area contributed by atoms with E-state index >= 15 is 0 Å². The van der Waals surface area contributed by atoms with Crippen LogP contribution in [0.1, 0.15) is 18.1 Å². The highest BCUT2D eigenvalue weighted by Crippen LogP contribution is 2.34. The van der Waals surface area contributed by atoms with Gasteiger partial charge in [0.2, 0.25) is 10.0 Å². The number of fused-ring (bicyclic) bond motifs is 1. The molecule has 0 radical (unpaired) electrons. The van der Waals surface area contributed by atoms with Crippen LogP contribution in [0.4, 0.5) is 8.78 Å². The van der Waals surface area contributed by atoms with E-state index in [9.17, 15) is 17.2 Å².